The maximum Gasteiger partial charge on any atom is 0.270 e. The van der Waals surface area contributed by atoms with Crippen molar-refractivity contribution in [3.63, 3.8) is 0 Å². The average Bonchev–Trinajstić information content (AvgIpc) is 2.89. The van der Waals surface area contributed by atoms with E-state index in [4.69, 9.17) is 5.26 Å². The molecule has 19 heavy (non-hydrogen) atoms. The van der Waals surface area contributed by atoms with Crippen LogP contribution in [0.1, 0.15) is 40.7 Å². The Bertz CT molecular complexity index is 626. The van der Waals surface area contributed by atoms with Crippen LogP contribution in [0.5, 0.6) is 0 Å². The quantitative estimate of drug-likeness (QED) is 0.925. The van der Waals surface area contributed by atoms with E-state index in [0.29, 0.717) is 22.0 Å². The molecule has 0 aromatic carbocycles. The third-order valence-electron chi connectivity index (χ3n) is 2.40. The van der Waals surface area contributed by atoms with Gasteiger partial charge in [-0.15, -0.1) is 5.10 Å². The normalized spacial score (nSPS) is 10.2. The van der Waals surface area contributed by atoms with Crippen molar-refractivity contribution >= 4 is 23.3 Å². The highest BCUT2D eigenvalue weighted by Crippen LogP contribution is 2.20. The van der Waals surface area contributed by atoms with Gasteiger partial charge in [-0.2, -0.15) is 5.26 Å². The van der Waals surface area contributed by atoms with Gasteiger partial charge < -0.3 is 5.32 Å². The molecule has 0 bridgehead atoms. The van der Waals surface area contributed by atoms with Crippen LogP contribution in [0.15, 0.2) is 18.3 Å². The first kappa shape index (κ1) is 13.1. The lowest BCUT2D eigenvalue weighted by molar-refractivity contribution is 0.102. The molecule has 0 aliphatic rings. The first-order valence-corrected chi connectivity index (χ1v) is 6.39. The van der Waals surface area contributed by atoms with Crippen LogP contribution < -0.4 is 5.32 Å². The monoisotopic (exact) mass is 273 g/mol. The van der Waals surface area contributed by atoms with Gasteiger partial charge in [-0.3, -0.25) is 4.79 Å². The minimum Gasteiger partial charge on any atom is -0.306 e. The van der Waals surface area contributed by atoms with E-state index < -0.39 is 0 Å². The molecule has 0 unspecified atom stereocenters. The van der Waals surface area contributed by atoms with E-state index in [2.05, 4.69) is 19.9 Å². The number of carbonyl (C=O) groups excluding carboxylic acids is 1. The number of nitriles is 1. The van der Waals surface area contributed by atoms with Gasteiger partial charge in [0.2, 0.25) is 0 Å². The van der Waals surface area contributed by atoms with Gasteiger partial charge >= 0.3 is 0 Å². The number of rotatable bonds is 3. The molecule has 0 saturated carbocycles. The molecule has 0 aliphatic carbocycles. The van der Waals surface area contributed by atoms with Crippen molar-refractivity contribution in [3.8, 4) is 6.07 Å². The molecule has 96 valence electrons. The number of pyridine rings is 1. The molecule has 2 aromatic heterocycles. The van der Waals surface area contributed by atoms with Crippen LogP contribution in [0.4, 0.5) is 5.82 Å². The molecule has 0 radical (unpaired) electrons. The number of nitrogens with one attached hydrogen (secondary N) is 1. The summed E-state index contributed by atoms with van der Waals surface area (Å²) < 4.78 is 3.80. The minimum atomic E-state index is -0.282. The summed E-state index contributed by atoms with van der Waals surface area (Å²) in [7, 11) is 0. The Morgan fingerprint density at radius 2 is 2.26 bits per heavy atom. The molecule has 0 spiro atoms. The predicted octanol–water partition coefficient (Wildman–Crippen LogP) is 2.18. The Kier molecular flexibility index (Phi) is 3.82. The van der Waals surface area contributed by atoms with Crippen LogP contribution in [-0.4, -0.2) is 20.5 Å². The molecule has 2 heterocycles. The highest BCUT2D eigenvalue weighted by molar-refractivity contribution is 7.08. The molecule has 2 rings (SSSR count). The van der Waals surface area contributed by atoms with Crippen molar-refractivity contribution in [1.82, 2.24) is 14.6 Å². The van der Waals surface area contributed by atoms with E-state index >= 15 is 0 Å². The number of hydrogen-bond donors (Lipinski definition) is 1. The molecule has 1 amide bonds. The van der Waals surface area contributed by atoms with E-state index in [1.807, 2.05) is 19.9 Å². The summed E-state index contributed by atoms with van der Waals surface area (Å²) in [5.74, 6) is 0.247. The van der Waals surface area contributed by atoms with Gasteiger partial charge in [0.25, 0.3) is 5.91 Å². The average molecular weight is 273 g/mol. The van der Waals surface area contributed by atoms with E-state index in [1.165, 1.54) is 6.20 Å². The molecule has 7 heteroatoms. The predicted molar refractivity (Wildman–Crippen MR) is 70.9 cm³/mol. The fourth-order valence-corrected chi connectivity index (χ4v) is 2.15. The molecular formula is C12H11N5OS. The largest absolute Gasteiger partial charge is 0.306 e. The number of anilines is 1. The molecule has 1 N–H and O–H groups in total. The molecular weight excluding hydrogens is 262 g/mol. The first-order valence-electron chi connectivity index (χ1n) is 5.61. The Morgan fingerprint density at radius 1 is 1.47 bits per heavy atom. The number of nitrogens with zero attached hydrogens (tertiary/aromatic N) is 4. The van der Waals surface area contributed by atoms with Crippen LogP contribution in [-0.2, 0) is 0 Å². The summed E-state index contributed by atoms with van der Waals surface area (Å²) >= 11 is 1.06. The zero-order chi connectivity index (χ0) is 13.8. The fourth-order valence-electron chi connectivity index (χ4n) is 1.44. The minimum absolute atomic E-state index is 0.133. The zero-order valence-corrected chi connectivity index (χ0v) is 11.2. The molecule has 0 aliphatic heterocycles. The van der Waals surface area contributed by atoms with Crippen LogP contribution in [0.2, 0.25) is 0 Å². The van der Waals surface area contributed by atoms with Gasteiger partial charge in [0.15, 0.2) is 0 Å². The standard InChI is InChI=1S/C12H11N5OS/c1-7(2)10-11(19-17-16-10)12(18)15-9-4-3-8(5-13)6-14-9/h3-4,6-7H,1-2H3,(H,14,15,18). The third kappa shape index (κ3) is 2.92. The summed E-state index contributed by atoms with van der Waals surface area (Å²) in [5, 5.41) is 15.3. The summed E-state index contributed by atoms with van der Waals surface area (Å²) in [6.45, 7) is 3.90. The van der Waals surface area contributed by atoms with E-state index in [1.54, 1.807) is 12.1 Å². The molecule has 0 saturated heterocycles. The Hall–Kier alpha value is -2.33. The van der Waals surface area contributed by atoms with Gasteiger partial charge in [-0.05, 0) is 29.6 Å². The van der Waals surface area contributed by atoms with Crippen molar-refractivity contribution in [3.05, 3.63) is 34.5 Å². The van der Waals surface area contributed by atoms with Crippen molar-refractivity contribution < 1.29 is 4.79 Å². The summed E-state index contributed by atoms with van der Waals surface area (Å²) in [4.78, 5) is 16.5. The highest BCUT2D eigenvalue weighted by atomic mass is 32.1. The number of hydrogen-bond acceptors (Lipinski definition) is 6. The van der Waals surface area contributed by atoms with E-state index in [0.717, 1.165) is 11.5 Å². The maximum absolute atomic E-state index is 12.1. The number of amides is 1. The van der Waals surface area contributed by atoms with E-state index in [-0.39, 0.29) is 11.8 Å². The van der Waals surface area contributed by atoms with Crippen LogP contribution >= 0.6 is 11.5 Å². The van der Waals surface area contributed by atoms with Crippen LogP contribution in [0.25, 0.3) is 0 Å². The number of aromatic nitrogens is 3. The lowest BCUT2D eigenvalue weighted by Gasteiger charge is -2.05. The number of carbonyl (C=O) groups is 1. The second-order valence-corrected chi connectivity index (χ2v) is 4.89. The topological polar surface area (TPSA) is 91.6 Å². The van der Waals surface area contributed by atoms with Crippen molar-refractivity contribution in [2.24, 2.45) is 0 Å². The van der Waals surface area contributed by atoms with Gasteiger partial charge in [0.1, 0.15) is 16.8 Å². The molecule has 2 aromatic rings. The van der Waals surface area contributed by atoms with E-state index in [9.17, 15) is 4.79 Å². The van der Waals surface area contributed by atoms with Gasteiger partial charge in [-0.1, -0.05) is 18.3 Å². The summed E-state index contributed by atoms with van der Waals surface area (Å²) in [6, 6.07) is 5.14. The lowest BCUT2D eigenvalue weighted by Crippen LogP contribution is -2.14. The summed E-state index contributed by atoms with van der Waals surface area (Å²) in [6.07, 6.45) is 1.41. The van der Waals surface area contributed by atoms with Crippen molar-refractivity contribution in [2.45, 2.75) is 19.8 Å². The smallest absolute Gasteiger partial charge is 0.270 e. The Labute approximate surface area is 114 Å². The molecule has 6 nitrogen and oxygen atoms in total. The maximum atomic E-state index is 12.1. The fraction of sp³-hybridized carbons (Fsp3) is 0.250. The zero-order valence-electron chi connectivity index (χ0n) is 10.4. The second-order valence-electron chi connectivity index (χ2n) is 4.14. The van der Waals surface area contributed by atoms with Gasteiger partial charge in [0.05, 0.1) is 11.3 Å². The SMILES string of the molecule is CC(C)c1nnsc1C(=O)Nc1ccc(C#N)cn1. The van der Waals surface area contributed by atoms with Crippen molar-refractivity contribution in [1.29, 1.82) is 5.26 Å². The second kappa shape index (κ2) is 5.54. The highest BCUT2D eigenvalue weighted by Gasteiger charge is 2.18. The third-order valence-corrected chi connectivity index (χ3v) is 3.14. The van der Waals surface area contributed by atoms with Crippen molar-refractivity contribution in [2.75, 3.05) is 5.32 Å². The van der Waals surface area contributed by atoms with Crippen LogP contribution in [0, 0.1) is 11.3 Å². The Balaban J connectivity index is 2.16. The first-order chi connectivity index (χ1) is 9.11. The summed E-state index contributed by atoms with van der Waals surface area (Å²) in [5.41, 5.74) is 1.12. The van der Waals surface area contributed by atoms with Crippen LogP contribution in [0.3, 0.4) is 0 Å². The van der Waals surface area contributed by atoms with Gasteiger partial charge in [-0.25, -0.2) is 4.98 Å². The Morgan fingerprint density at radius 3 is 2.84 bits per heavy atom. The van der Waals surface area contributed by atoms with Gasteiger partial charge in [0, 0.05) is 6.20 Å². The molecule has 0 atom stereocenters. The molecule has 0 fully saturated rings. The lowest BCUT2D eigenvalue weighted by atomic mass is 10.1.